The molecule has 1 saturated heterocycles. The Balaban J connectivity index is 0.00000148. The molecule has 1 unspecified atom stereocenters. The summed E-state index contributed by atoms with van der Waals surface area (Å²) in [6.45, 7) is 2.60. The fraction of sp³-hybridized carbons (Fsp3) is 0.261. The fourth-order valence-electron chi connectivity index (χ4n) is 3.21. The maximum absolute atomic E-state index is 14.6. The van der Waals surface area contributed by atoms with E-state index >= 15 is 0 Å². The summed E-state index contributed by atoms with van der Waals surface area (Å²) in [5.41, 5.74) is 12.8. The van der Waals surface area contributed by atoms with E-state index in [9.17, 15) is 4.39 Å². The van der Waals surface area contributed by atoms with Crippen LogP contribution in [-0.2, 0) is 45.3 Å². The first-order valence-electron chi connectivity index (χ1n) is 10.4. The van der Waals surface area contributed by atoms with Crippen molar-refractivity contribution in [3.63, 3.8) is 0 Å². The Bertz CT molecular complexity index is 1210. The van der Waals surface area contributed by atoms with Crippen LogP contribution in [0.5, 0.6) is 5.75 Å². The topological polar surface area (TPSA) is 137 Å². The molecule has 0 aliphatic carbocycles. The van der Waals surface area contributed by atoms with Gasteiger partial charge in [0, 0.05) is 80.2 Å². The minimum absolute atomic E-state index is 0. The van der Waals surface area contributed by atoms with Crippen LogP contribution in [0, 0.1) is 11.2 Å². The van der Waals surface area contributed by atoms with Crippen molar-refractivity contribution < 1.29 is 41.8 Å². The van der Waals surface area contributed by atoms with Gasteiger partial charge < -0.3 is 39.5 Å². The molecule has 3 heterocycles. The number of rotatable bonds is 8. The first-order valence-corrected chi connectivity index (χ1v) is 12.0. The number of benzene rings is 1. The number of hydrogen-bond donors (Lipinski definition) is 4. The summed E-state index contributed by atoms with van der Waals surface area (Å²) in [4.78, 5) is 8.02. The van der Waals surface area contributed by atoms with E-state index in [4.69, 9.17) is 44.8 Å². The van der Waals surface area contributed by atoms with Crippen LogP contribution in [0.15, 0.2) is 42.9 Å². The Hall–Kier alpha value is -1.53. The van der Waals surface area contributed by atoms with Crippen LogP contribution in [-0.4, -0.2) is 40.7 Å². The Morgan fingerprint density at radius 3 is 2.50 bits per heavy atom. The first kappa shape index (κ1) is 30.7. The summed E-state index contributed by atoms with van der Waals surface area (Å²) < 4.78 is 20.5. The molecule has 0 amide bonds. The zero-order chi connectivity index (χ0) is 25.8. The number of nitrogen functional groups attached to an aromatic ring is 1. The predicted molar refractivity (Wildman–Crippen MR) is 141 cm³/mol. The molecule has 1 aliphatic heterocycles. The fourth-order valence-corrected chi connectivity index (χ4v) is 3.88. The van der Waals surface area contributed by atoms with Gasteiger partial charge in [-0.25, -0.2) is 9.37 Å². The van der Waals surface area contributed by atoms with Crippen LogP contribution in [0.3, 0.4) is 0 Å². The molecule has 36 heavy (non-hydrogen) atoms. The van der Waals surface area contributed by atoms with Gasteiger partial charge in [0.15, 0.2) is 11.6 Å². The summed E-state index contributed by atoms with van der Waals surface area (Å²) in [5.74, 6) is -0.125. The maximum atomic E-state index is 14.6. The average molecular weight is 625 g/mol. The van der Waals surface area contributed by atoms with Crippen molar-refractivity contribution in [3.05, 3.63) is 80.7 Å². The molecule has 1 radical (unpaired) electrons. The number of ether oxygens (including phenoxy) is 1. The van der Waals surface area contributed by atoms with Gasteiger partial charge in [0.1, 0.15) is 11.9 Å². The van der Waals surface area contributed by atoms with Gasteiger partial charge in [0.2, 0.25) is 0 Å². The summed E-state index contributed by atoms with van der Waals surface area (Å²) in [6, 6.07) is 6.11. The van der Waals surface area contributed by atoms with E-state index in [0.29, 0.717) is 39.2 Å². The van der Waals surface area contributed by atoms with Crippen molar-refractivity contribution in [2.24, 2.45) is 5.73 Å². The molecule has 2 atom stereocenters. The Morgan fingerprint density at radius 2 is 1.92 bits per heavy atom. The largest absolute Gasteiger partial charge is 0.796 e. The van der Waals surface area contributed by atoms with Crippen molar-refractivity contribution >= 4 is 53.0 Å². The molecule has 4 rings (SSSR count). The second-order valence-corrected chi connectivity index (χ2v) is 8.54. The molecule has 2 aromatic heterocycles. The van der Waals surface area contributed by atoms with Gasteiger partial charge in [-0.05, 0) is 31.2 Å². The van der Waals surface area contributed by atoms with Crippen LogP contribution >= 0.6 is 23.2 Å². The van der Waals surface area contributed by atoms with Crippen LogP contribution in [0.1, 0.15) is 29.7 Å². The second-order valence-electron chi connectivity index (χ2n) is 7.73. The van der Waals surface area contributed by atoms with Crippen molar-refractivity contribution in [1.29, 1.82) is 5.41 Å². The van der Waals surface area contributed by atoms with Crippen LogP contribution in [0.25, 0.3) is 5.32 Å². The van der Waals surface area contributed by atoms with Gasteiger partial charge in [0.25, 0.3) is 0 Å². The van der Waals surface area contributed by atoms with Crippen LogP contribution in [0.4, 0.5) is 15.9 Å². The van der Waals surface area contributed by atoms with E-state index in [1.54, 1.807) is 31.4 Å². The van der Waals surface area contributed by atoms with Crippen molar-refractivity contribution in [1.82, 2.24) is 9.97 Å². The monoisotopic (exact) mass is 624 g/mol. The smallest absolute Gasteiger partial charge is 0.166 e. The number of halogens is 3. The zero-order valence-electron chi connectivity index (χ0n) is 19.6. The van der Waals surface area contributed by atoms with Crippen molar-refractivity contribution in [3.8, 4) is 5.75 Å². The van der Waals surface area contributed by atoms with E-state index in [0.717, 1.165) is 0 Å². The number of nitrogens with one attached hydrogen (secondary N) is 2. The summed E-state index contributed by atoms with van der Waals surface area (Å²) in [7, 11) is 0. The normalized spacial score (nSPS) is 16.6. The molecule has 1 fully saturated rings. The standard InChI is InChI=1S/C22H21Cl2FN7O.CH4S.Y/c1-11(19-15(23)7-29-8-16(19)24)33-13-2-3-18(26)14(5-13)20(27)12-4-17(25)21(30-6-12)31-9-22(28)10-32-22;1-2;/h2-8,11,27H,9-10,26,28H2,1H3,(H,30,31);2H,1H3;/q-1;;/p-1/t11-,22?;;/m1../s1. The predicted octanol–water partition coefficient (Wildman–Crippen LogP) is 4.68. The first-order chi connectivity index (χ1) is 16.7. The van der Waals surface area contributed by atoms with Gasteiger partial charge in [0.05, 0.1) is 15.8 Å². The molecule has 0 spiro atoms. The van der Waals surface area contributed by atoms with E-state index in [-0.39, 0.29) is 56.3 Å². The molecule has 0 bridgehead atoms. The molecule has 189 valence electrons. The molecular formula is C23H24Cl2FN7OSY-2. The number of anilines is 2. The summed E-state index contributed by atoms with van der Waals surface area (Å²) >= 11 is 16.5. The zero-order valence-corrected chi connectivity index (χ0v) is 24.7. The van der Waals surface area contributed by atoms with E-state index in [2.05, 4.69) is 33.2 Å². The van der Waals surface area contributed by atoms with Gasteiger partial charge in [-0.2, -0.15) is 6.26 Å². The molecular weight excluding hydrogens is 601 g/mol. The summed E-state index contributed by atoms with van der Waals surface area (Å²) in [5, 5.41) is 16.2. The number of nitrogens with zero attached hydrogens (tertiary/aromatic N) is 3. The molecule has 1 aromatic carbocycles. The quantitative estimate of drug-likeness (QED) is 0.124. The Kier molecular flexibility index (Phi) is 11.4. The number of pyridine rings is 2. The average Bonchev–Trinajstić information content (AvgIpc) is 3.57. The van der Waals surface area contributed by atoms with E-state index in [1.807, 2.05) is 0 Å². The van der Waals surface area contributed by atoms with Crippen LogP contribution in [0.2, 0.25) is 10.0 Å². The van der Waals surface area contributed by atoms with Gasteiger partial charge in [-0.1, -0.05) is 28.9 Å². The van der Waals surface area contributed by atoms with Crippen LogP contribution < -0.4 is 21.5 Å². The molecule has 13 heteroatoms. The molecule has 6 N–H and O–H groups in total. The van der Waals surface area contributed by atoms with Crippen molar-refractivity contribution in [2.75, 3.05) is 30.4 Å². The van der Waals surface area contributed by atoms with E-state index in [1.165, 1.54) is 24.7 Å². The van der Waals surface area contributed by atoms with E-state index < -0.39 is 17.6 Å². The van der Waals surface area contributed by atoms with Gasteiger partial charge in [-0.15, -0.1) is 6.54 Å². The number of hydrogen-bond acceptors (Lipinski definition) is 8. The maximum Gasteiger partial charge on any atom is 0.166 e. The van der Waals surface area contributed by atoms with Gasteiger partial charge >= 0.3 is 0 Å². The SMILES string of the molecule is C[C@@H](Oc1ccc(N)c(C(=N)c2cnc(NCC3(N)C[N-]3)c(F)c2)c1)c1c(Cl)cncc1Cl.C[S-].[Y]. The molecule has 1 aliphatic rings. The number of nitrogens with two attached hydrogens (primary N) is 2. The minimum atomic E-state index is -0.657. The summed E-state index contributed by atoms with van der Waals surface area (Å²) in [6.07, 6.45) is 5.46. The van der Waals surface area contributed by atoms with Crippen molar-refractivity contribution in [2.45, 2.75) is 18.7 Å². The minimum Gasteiger partial charge on any atom is -0.796 e. The molecule has 8 nitrogen and oxygen atoms in total. The Morgan fingerprint density at radius 1 is 1.28 bits per heavy atom. The molecule has 0 saturated carbocycles. The number of aromatic nitrogens is 2. The van der Waals surface area contributed by atoms with Gasteiger partial charge in [-0.3, -0.25) is 10.4 Å². The molecule has 3 aromatic rings. The second kappa shape index (κ2) is 13.3. The third-order valence-corrected chi connectivity index (χ3v) is 5.76. The Labute approximate surface area is 249 Å². The third kappa shape index (κ3) is 7.50. The third-order valence-electron chi connectivity index (χ3n) is 5.16.